The molecule has 4 heteroatoms. The van der Waals surface area contributed by atoms with Gasteiger partial charge in [-0.2, -0.15) is 0 Å². The average molecular weight is 1010 g/mol. The fourth-order valence-corrected chi connectivity index (χ4v) is 45.3. The van der Waals surface area contributed by atoms with Gasteiger partial charge in [0.1, 0.15) is 0 Å². The molecular formula is C62H73Cl2SiZr. The Hall–Kier alpha value is -3.00. The minimum absolute atomic E-state index is 0.0599. The monoisotopic (exact) mass is 1010 g/mol. The van der Waals surface area contributed by atoms with E-state index in [0.29, 0.717) is 0 Å². The molecule has 66 heavy (non-hydrogen) atoms. The molecule has 0 spiro atoms. The molecule has 0 aromatic heterocycles. The maximum absolute atomic E-state index is 9.42. The summed E-state index contributed by atoms with van der Waals surface area (Å²) < 4.78 is 0.120. The van der Waals surface area contributed by atoms with Gasteiger partial charge in [0, 0.05) is 0 Å². The van der Waals surface area contributed by atoms with E-state index in [2.05, 4.69) is 160 Å². The van der Waals surface area contributed by atoms with Crippen LogP contribution in [0.15, 0.2) is 132 Å². The molecule has 0 heterocycles. The van der Waals surface area contributed by atoms with Crippen LogP contribution in [0.4, 0.5) is 0 Å². The summed E-state index contributed by atoms with van der Waals surface area (Å²) in [6.07, 6.45) is 28.8. The van der Waals surface area contributed by atoms with Gasteiger partial charge in [-0.05, 0) is 0 Å². The second-order valence-corrected chi connectivity index (χ2v) is 65.1. The van der Waals surface area contributed by atoms with Crippen molar-refractivity contribution < 1.29 is 15.6 Å². The summed E-state index contributed by atoms with van der Waals surface area (Å²) in [5.74, 6) is -1.82. The van der Waals surface area contributed by atoms with Gasteiger partial charge in [0.15, 0.2) is 0 Å². The second-order valence-electron chi connectivity index (χ2n) is 22.6. The van der Waals surface area contributed by atoms with Crippen molar-refractivity contribution in [1.82, 2.24) is 0 Å². The molecule has 2 fully saturated rings. The molecule has 2 atom stereocenters. The van der Waals surface area contributed by atoms with Gasteiger partial charge in [0.2, 0.25) is 0 Å². The Morgan fingerprint density at radius 3 is 1.17 bits per heavy atom. The second kappa shape index (κ2) is 19.1. The zero-order valence-corrected chi connectivity index (χ0v) is 45.5. The van der Waals surface area contributed by atoms with Crippen LogP contribution in [0.25, 0.3) is 56.0 Å². The van der Waals surface area contributed by atoms with Gasteiger partial charge in [-0.1, -0.05) is 0 Å². The zero-order valence-electron chi connectivity index (χ0n) is 40.4. The summed E-state index contributed by atoms with van der Waals surface area (Å²) in [6.45, 7) is 10.4. The van der Waals surface area contributed by atoms with E-state index in [0.717, 1.165) is 12.8 Å². The fourth-order valence-electron chi connectivity index (χ4n) is 14.0. The molecule has 4 aliphatic rings. The number of rotatable bonds is 9. The zero-order chi connectivity index (χ0) is 45.5. The van der Waals surface area contributed by atoms with Crippen LogP contribution in [0.3, 0.4) is 0 Å². The third-order valence-electron chi connectivity index (χ3n) is 17.6. The van der Waals surface area contributed by atoms with Crippen LogP contribution in [0.5, 0.6) is 0 Å². The van der Waals surface area contributed by atoms with Crippen LogP contribution in [-0.2, 0) is 15.6 Å². The first kappa shape index (κ1) is 46.7. The number of allylic oxidation sites excluding steroid dienone is 2. The van der Waals surface area contributed by atoms with Gasteiger partial charge < -0.3 is 0 Å². The number of fused-ring (bicyclic) bond motifs is 4. The fraction of sp³-hybridized carbons (Fsp3) is 0.419. The van der Waals surface area contributed by atoms with Crippen molar-refractivity contribution in [2.75, 3.05) is 0 Å². The first-order chi connectivity index (χ1) is 32.0. The number of hydrogen-bond acceptors (Lipinski definition) is 0. The molecule has 10 rings (SSSR count). The van der Waals surface area contributed by atoms with E-state index in [9.17, 15) is 17.0 Å². The van der Waals surface area contributed by atoms with E-state index in [1.165, 1.54) is 169 Å². The molecular weight excluding hydrogens is 935 g/mol. The van der Waals surface area contributed by atoms with Crippen molar-refractivity contribution in [2.45, 2.75) is 150 Å². The van der Waals surface area contributed by atoms with Gasteiger partial charge in [-0.3, -0.25) is 0 Å². The van der Waals surface area contributed by atoms with Crippen LogP contribution in [0.1, 0.15) is 159 Å². The summed E-state index contributed by atoms with van der Waals surface area (Å²) in [5, 5.41) is 5.20. The Balaban J connectivity index is 1.20. The predicted octanol–water partition coefficient (Wildman–Crippen LogP) is 19.9. The van der Waals surface area contributed by atoms with Crippen LogP contribution in [0.2, 0.25) is 13.1 Å². The molecule has 4 aliphatic carbocycles. The normalized spacial score (nSPS) is 21.8. The summed E-state index contributed by atoms with van der Waals surface area (Å²) >= 11 is -5.24. The van der Waals surface area contributed by atoms with Crippen molar-refractivity contribution >= 4 is 56.6 Å². The Labute approximate surface area is 406 Å². The Bertz CT molecular complexity index is 2600. The topological polar surface area (TPSA) is 0 Å². The molecule has 0 nitrogen and oxygen atoms in total. The van der Waals surface area contributed by atoms with Gasteiger partial charge in [0.25, 0.3) is 0 Å². The third kappa shape index (κ3) is 8.69. The third-order valence-corrected chi connectivity index (χ3v) is 69.4. The van der Waals surface area contributed by atoms with Crippen molar-refractivity contribution in [3.05, 3.63) is 155 Å². The summed E-state index contributed by atoms with van der Waals surface area (Å²) in [4.78, 5) is 0. The number of hydrogen-bond donors (Lipinski definition) is 0. The average Bonchev–Trinajstić information content (AvgIpc) is 3.93. The molecule has 0 amide bonds. The Morgan fingerprint density at radius 2 is 0.773 bits per heavy atom. The SMILES string of the molecule is C[SiH](C)[Zr]([Cl])([Cl])([CH]1C(CC2(C)CCCCCCCC2)=Cc2c(-c3cccc4ccccc34)cccc21)[CH]1C(CC2(C)CCCCCCCC2)=Cc2c(-c3cccc4ccccc34)cccc21. The molecule has 6 aromatic rings. The van der Waals surface area contributed by atoms with Crippen LogP contribution in [0, 0.1) is 10.8 Å². The van der Waals surface area contributed by atoms with Crippen molar-refractivity contribution in [3.63, 3.8) is 0 Å². The molecule has 0 N–H and O–H groups in total. The summed E-state index contributed by atoms with van der Waals surface area (Å²) in [6, 6.07) is 46.1. The molecule has 2 saturated carbocycles. The summed E-state index contributed by atoms with van der Waals surface area (Å²) in [7, 11) is 18.8. The molecule has 0 aliphatic heterocycles. The maximum atomic E-state index is 9.42. The van der Waals surface area contributed by atoms with Gasteiger partial charge in [0.05, 0.1) is 0 Å². The van der Waals surface area contributed by atoms with Crippen molar-refractivity contribution in [2.24, 2.45) is 10.8 Å². The Morgan fingerprint density at radius 1 is 0.439 bits per heavy atom. The molecule has 343 valence electrons. The quantitative estimate of drug-likeness (QED) is 0.127. The molecule has 6 aromatic carbocycles. The van der Waals surface area contributed by atoms with Crippen LogP contribution < -0.4 is 0 Å². The van der Waals surface area contributed by atoms with Crippen LogP contribution in [-0.4, -0.2) is 5.92 Å². The van der Waals surface area contributed by atoms with Crippen molar-refractivity contribution in [1.29, 1.82) is 0 Å². The van der Waals surface area contributed by atoms with Gasteiger partial charge in [-0.15, -0.1) is 0 Å². The van der Waals surface area contributed by atoms with Gasteiger partial charge in [-0.25, -0.2) is 0 Å². The van der Waals surface area contributed by atoms with Gasteiger partial charge >= 0.3 is 410 Å². The van der Waals surface area contributed by atoms with E-state index >= 15 is 0 Å². The number of benzene rings is 6. The van der Waals surface area contributed by atoms with E-state index in [4.69, 9.17) is 0 Å². The first-order valence-electron chi connectivity index (χ1n) is 26.2. The number of halogens is 2. The molecule has 0 saturated heterocycles. The molecule has 0 bridgehead atoms. The van der Waals surface area contributed by atoms with E-state index in [1.807, 2.05) is 0 Å². The molecule has 2 unspecified atom stereocenters. The first-order valence-corrected chi connectivity index (χ1v) is 42.5. The van der Waals surface area contributed by atoms with Crippen LogP contribution >= 0.6 is 17.0 Å². The van der Waals surface area contributed by atoms with E-state index in [-0.39, 0.29) is 18.1 Å². The summed E-state index contributed by atoms with van der Waals surface area (Å²) in [5.41, 5.74) is 14.4. The Kier molecular flexibility index (Phi) is 13.5. The van der Waals surface area contributed by atoms with Crippen molar-refractivity contribution in [3.8, 4) is 22.3 Å². The minimum atomic E-state index is -5.24. The molecule has 0 radical (unpaired) electrons. The predicted molar refractivity (Wildman–Crippen MR) is 290 cm³/mol. The van der Waals surface area contributed by atoms with E-state index in [1.54, 1.807) is 11.1 Å². The standard InChI is InChI=1S/2C30H33.C2H7Si.2ClH.Zr/c2*1-30(18-8-4-2-3-5-9-19-30)22-23-20-25-14-11-17-28(29(25)21-23)27-16-10-13-24-12-6-7-15-26(24)27;1-3-2;;;/h2*6-7,10-17,20-21H,2-5,8-9,18-19,22H2,1H3;3H,1-2H3;2*1H;/q;;;;;+2/p-2. The van der Waals surface area contributed by atoms with E-state index < -0.39 is 21.5 Å².